The molecule has 1 rings (SSSR count). The minimum absolute atomic E-state index is 0.861. The normalized spacial score (nSPS) is 11.1. The summed E-state index contributed by atoms with van der Waals surface area (Å²) in [6.07, 6.45) is 1.61. The number of hydrogen-bond donors (Lipinski definition) is 0. The van der Waals surface area contributed by atoms with Crippen LogP contribution in [-0.4, -0.2) is 38.6 Å². The number of aromatic nitrogens is 3. The van der Waals surface area contributed by atoms with Crippen molar-refractivity contribution in [1.29, 1.82) is 0 Å². The van der Waals surface area contributed by atoms with Crippen LogP contribution in [0.5, 0.6) is 0 Å². The van der Waals surface area contributed by atoms with Gasteiger partial charge in [-0.2, -0.15) is 5.10 Å². The lowest BCUT2D eigenvalue weighted by Gasteiger charge is -2.14. The van der Waals surface area contributed by atoms with E-state index in [9.17, 15) is 0 Å². The Hall–Kier alpha value is -0.420. The summed E-state index contributed by atoms with van der Waals surface area (Å²) in [5.74, 6) is 1.03. The molecule has 1 heterocycles. The summed E-state index contributed by atoms with van der Waals surface area (Å²) in [6.45, 7) is 4.84. The number of nitrogens with zero attached hydrogens (tertiary/aromatic N) is 4. The summed E-state index contributed by atoms with van der Waals surface area (Å²) in [7, 11) is 2.08. The molecule has 0 aliphatic rings. The fraction of sp³-hybridized carbons (Fsp3) is 0.750. The molecule has 0 aliphatic carbocycles. The van der Waals surface area contributed by atoms with E-state index in [2.05, 4.69) is 44.9 Å². The zero-order valence-electron chi connectivity index (χ0n) is 8.07. The van der Waals surface area contributed by atoms with Crippen molar-refractivity contribution in [3.8, 4) is 0 Å². The predicted octanol–water partition coefficient (Wildman–Crippen LogP) is 1.12. The number of aryl methyl sites for hydroxylation is 1. The third-order valence-corrected chi connectivity index (χ3v) is 2.23. The maximum absolute atomic E-state index is 4.20. The Bertz CT molecular complexity index is 248. The Balaban J connectivity index is 2.52. The van der Waals surface area contributed by atoms with Crippen molar-refractivity contribution in [2.45, 2.75) is 20.0 Å². The highest BCUT2D eigenvalue weighted by atomic mass is 79.9. The summed E-state index contributed by atoms with van der Waals surface area (Å²) in [4.78, 5) is 6.42. The molecule has 0 amide bonds. The molecule has 74 valence electrons. The van der Waals surface area contributed by atoms with Gasteiger partial charge in [-0.3, -0.25) is 4.90 Å². The number of alkyl halides is 1. The summed E-state index contributed by atoms with van der Waals surface area (Å²) < 4.78 is 1.92. The van der Waals surface area contributed by atoms with Crippen LogP contribution < -0.4 is 0 Å². The molecule has 13 heavy (non-hydrogen) atoms. The topological polar surface area (TPSA) is 34.0 Å². The predicted molar refractivity (Wildman–Crippen MR) is 55.8 cm³/mol. The standard InChI is InChI=1S/C8H15BrN4/c1-3-13-8(10-7-11-13)6-12(2)5-4-9/h7H,3-6H2,1-2H3. The number of halogens is 1. The van der Waals surface area contributed by atoms with E-state index in [4.69, 9.17) is 0 Å². The fourth-order valence-electron chi connectivity index (χ4n) is 1.14. The Morgan fingerprint density at radius 3 is 3.00 bits per heavy atom. The second kappa shape index (κ2) is 5.34. The molecular formula is C8H15BrN4. The molecule has 0 aliphatic heterocycles. The minimum Gasteiger partial charge on any atom is -0.298 e. The van der Waals surface area contributed by atoms with Gasteiger partial charge in [-0.25, -0.2) is 9.67 Å². The largest absolute Gasteiger partial charge is 0.298 e. The van der Waals surface area contributed by atoms with Crippen LogP contribution >= 0.6 is 15.9 Å². The van der Waals surface area contributed by atoms with Gasteiger partial charge >= 0.3 is 0 Å². The van der Waals surface area contributed by atoms with Crippen LogP contribution in [0.25, 0.3) is 0 Å². The Labute approximate surface area is 87.1 Å². The zero-order chi connectivity index (χ0) is 9.68. The summed E-state index contributed by atoms with van der Waals surface area (Å²) >= 11 is 3.41. The van der Waals surface area contributed by atoms with Crippen LogP contribution in [-0.2, 0) is 13.1 Å². The summed E-state index contributed by atoms with van der Waals surface area (Å²) in [5.41, 5.74) is 0. The first-order chi connectivity index (χ1) is 6.27. The van der Waals surface area contributed by atoms with Crippen LogP contribution in [0.15, 0.2) is 6.33 Å². The molecule has 0 unspecified atom stereocenters. The van der Waals surface area contributed by atoms with E-state index in [1.54, 1.807) is 6.33 Å². The maximum Gasteiger partial charge on any atom is 0.140 e. The third kappa shape index (κ3) is 3.08. The van der Waals surface area contributed by atoms with Gasteiger partial charge in [0.1, 0.15) is 12.2 Å². The van der Waals surface area contributed by atoms with Crippen LogP contribution in [0.2, 0.25) is 0 Å². The lowest BCUT2D eigenvalue weighted by molar-refractivity contribution is 0.331. The van der Waals surface area contributed by atoms with Gasteiger partial charge in [-0.15, -0.1) is 0 Å². The molecule has 0 aromatic carbocycles. The monoisotopic (exact) mass is 246 g/mol. The van der Waals surface area contributed by atoms with E-state index < -0.39 is 0 Å². The van der Waals surface area contributed by atoms with Crippen LogP contribution in [0.3, 0.4) is 0 Å². The van der Waals surface area contributed by atoms with Crippen molar-refractivity contribution in [2.75, 3.05) is 18.9 Å². The molecule has 1 aromatic heterocycles. The van der Waals surface area contributed by atoms with E-state index in [-0.39, 0.29) is 0 Å². The molecule has 5 heteroatoms. The molecule has 0 N–H and O–H groups in total. The van der Waals surface area contributed by atoms with Gasteiger partial charge in [-0.05, 0) is 14.0 Å². The highest BCUT2D eigenvalue weighted by Gasteiger charge is 2.05. The van der Waals surface area contributed by atoms with Gasteiger partial charge in [0.15, 0.2) is 0 Å². The van der Waals surface area contributed by atoms with Crippen molar-refractivity contribution in [2.24, 2.45) is 0 Å². The molecule has 0 saturated heterocycles. The first-order valence-corrected chi connectivity index (χ1v) is 5.51. The van der Waals surface area contributed by atoms with Crippen molar-refractivity contribution in [3.63, 3.8) is 0 Å². The van der Waals surface area contributed by atoms with E-state index in [1.807, 2.05) is 4.68 Å². The first-order valence-electron chi connectivity index (χ1n) is 4.39. The van der Waals surface area contributed by atoms with E-state index in [0.29, 0.717) is 0 Å². The van der Waals surface area contributed by atoms with Crippen molar-refractivity contribution >= 4 is 15.9 Å². The lowest BCUT2D eigenvalue weighted by atomic mass is 10.5. The van der Waals surface area contributed by atoms with Gasteiger partial charge in [0.05, 0.1) is 6.54 Å². The Kier molecular flexibility index (Phi) is 4.38. The van der Waals surface area contributed by atoms with Crippen LogP contribution in [0, 0.1) is 0 Å². The van der Waals surface area contributed by atoms with Gasteiger partial charge < -0.3 is 0 Å². The molecular weight excluding hydrogens is 232 g/mol. The highest BCUT2D eigenvalue weighted by molar-refractivity contribution is 9.09. The number of rotatable bonds is 5. The minimum atomic E-state index is 0.861. The van der Waals surface area contributed by atoms with Gasteiger partial charge in [0.25, 0.3) is 0 Å². The maximum atomic E-state index is 4.20. The highest BCUT2D eigenvalue weighted by Crippen LogP contribution is 1.99. The SMILES string of the molecule is CCn1ncnc1CN(C)CCBr. The number of hydrogen-bond acceptors (Lipinski definition) is 3. The first kappa shape index (κ1) is 10.7. The molecule has 0 radical (unpaired) electrons. The molecule has 0 bridgehead atoms. The van der Waals surface area contributed by atoms with Crippen molar-refractivity contribution in [1.82, 2.24) is 19.7 Å². The average molecular weight is 247 g/mol. The third-order valence-electron chi connectivity index (χ3n) is 1.87. The fourth-order valence-corrected chi connectivity index (χ4v) is 1.74. The second-order valence-corrected chi connectivity index (χ2v) is 3.71. The molecule has 0 saturated carbocycles. The Morgan fingerprint density at radius 2 is 2.38 bits per heavy atom. The van der Waals surface area contributed by atoms with Gasteiger partial charge in [0, 0.05) is 18.4 Å². The molecule has 1 aromatic rings. The van der Waals surface area contributed by atoms with Crippen LogP contribution in [0.4, 0.5) is 0 Å². The zero-order valence-corrected chi connectivity index (χ0v) is 9.66. The summed E-state index contributed by atoms with van der Waals surface area (Å²) in [5, 5.41) is 5.10. The van der Waals surface area contributed by atoms with Crippen LogP contribution in [0.1, 0.15) is 12.7 Å². The lowest BCUT2D eigenvalue weighted by Crippen LogP contribution is -2.22. The van der Waals surface area contributed by atoms with Crippen molar-refractivity contribution < 1.29 is 0 Å². The summed E-state index contributed by atoms with van der Waals surface area (Å²) in [6, 6.07) is 0. The van der Waals surface area contributed by atoms with E-state index in [0.717, 1.165) is 30.8 Å². The van der Waals surface area contributed by atoms with Gasteiger partial charge in [-0.1, -0.05) is 15.9 Å². The molecule has 4 nitrogen and oxygen atoms in total. The molecule has 0 fully saturated rings. The van der Waals surface area contributed by atoms with Crippen molar-refractivity contribution in [3.05, 3.63) is 12.2 Å². The molecule has 0 atom stereocenters. The van der Waals surface area contributed by atoms with E-state index >= 15 is 0 Å². The average Bonchev–Trinajstić information content (AvgIpc) is 2.52. The molecule has 0 spiro atoms. The second-order valence-electron chi connectivity index (χ2n) is 2.92. The smallest absolute Gasteiger partial charge is 0.140 e. The Morgan fingerprint density at radius 1 is 1.62 bits per heavy atom. The van der Waals surface area contributed by atoms with E-state index in [1.165, 1.54) is 0 Å². The van der Waals surface area contributed by atoms with Gasteiger partial charge in [0.2, 0.25) is 0 Å². The quantitative estimate of drug-likeness (QED) is 0.731.